The van der Waals surface area contributed by atoms with Crippen LogP contribution >= 0.6 is 0 Å². The standard InChI is InChI=1S/C12H16O4/c13-8-10(14)3-1-9-2-4-11-12(7-9)16-6-5-15-11/h2,4,7,10,13-14H,1,3,5-6,8H2. The van der Waals surface area contributed by atoms with Crippen LogP contribution in [0.4, 0.5) is 0 Å². The minimum atomic E-state index is -0.645. The first-order chi connectivity index (χ1) is 7.79. The molecule has 0 aliphatic carbocycles. The van der Waals surface area contributed by atoms with Gasteiger partial charge in [0.25, 0.3) is 0 Å². The third-order valence-electron chi connectivity index (χ3n) is 2.58. The van der Waals surface area contributed by atoms with Gasteiger partial charge in [-0.3, -0.25) is 0 Å². The van der Waals surface area contributed by atoms with Crippen molar-refractivity contribution >= 4 is 0 Å². The highest BCUT2D eigenvalue weighted by Crippen LogP contribution is 2.31. The SMILES string of the molecule is OCC(O)CCc1ccc2c(c1)OCCO2. The van der Waals surface area contributed by atoms with E-state index in [0.29, 0.717) is 19.6 Å². The number of hydrogen-bond acceptors (Lipinski definition) is 4. The highest BCUT2D eigenvalue weighted by molar-refractivity contribution is 5.43. The second kappa shape index (κ2) is 5.18. The molecule has 2 N–H and O–H groups in total. The molecule has 0 aromatic heterocycles. The van der Waals surface area contributed by atoms with E-state index in [1.807, 2.05) is 18.2 Å². The van der Waals surface area contributed by atoms with Crippen LogP contribution in [0.15, 0.2) is 18.2 Å². The van der Waals surface area contributed by atoms with Crippen molar-refractivity contribution in [2.75, 3.05) is 19.8 Å². The first-order valence-corrected chi connectivity index (χ1v) is 5.47. The average Bonchev–Trinajstić information content (AvgIpc) is 2.35. The molecule has 0 saturated heterocycles. The first-order valence-electron chi connectivity index (χ1n) is 5.47. The molecule has 0 saturated carbocycles. The fraction of sp³-hybridized carbons (Fsp3) is 0.500. The Morgan fingerprint density at radius 1 is 1.19 bits per heavy atom. The van der Waals surface area contributed by atoms with Gasteiger partial charge < -0.3 is 19.7 Å². The van der Waals surface area contributed by atoms with Gasteiger partial charge >= 0.3 is 0 Å². The summed E-state index contributed by atoms with van der Waals surface area (Å²) in [6.45, 7) is 0.982. The molecule has 1 aromatic rings. The molecule has 2 rings (SSSR count). The number of benzene rings is 1. The van der Waals surface area contributed by atoms with Gasteiger partial charge in [0, 0.05) is 0 Å². The molecular formula is C12H16O4. The number of ether oxygens (including phenoxy) is 2. The van der Waals surface area contributed by atoms with Crippen molar-refractivity contribution in [1.29, 1.82) is 0 Å². The van der Waals surface area contributed by atoms with Crippen molar-refractivity contribution in [2.24, 2.45) is 0 Å². The fourth-order valence-electron chi connectivity index (χ4n) is 1.67. The van der Waals surface area contributed by atoms with Crippen molar-refractivity contribution < 1.29 is 19.7 Å². The van der Waals surface area contributed by atoms with Crippen LogP contribution in [0.3, 0.4) is 0 Å². The maximum Gasteiger partial charge on any atom is 0.161 e. The molecule has 1 unspecified atom stereocenters. The molecule has 16 heavy (non-hydrogen) atoms. The zero-order valence-electron chi connectivity index (χ0n) is 9.06. The van der Waals surface area contributed by atoms with E-state index in [-0.39, 0.29) is 6.61 Å². The third kappa shape index (κ3) is 2.65. The van der Waals surface area contributed by atoms with E-state index >= 15 is 0 Å². The van der Waals surface area contributed by atoms with Crippen LogP contribution in [0.1, 0.15) is 12.0 Å². The minimum Gasteiger partial charge on any atom is -0.486 e. The summed E-state index contributed by atoms with van der Waals surface area (Å²) in [6.07, 6.45) is 0.627. The summed E-state index contributed by atoms with van der Waals surface area (Å²) >= 11 is 0. The lowest BCUT2D eigenvalue weighted by Gasteiger charge is -2.19. The molecule has 4 heteroatoms. The Morgan fingerprint density at radius 2 is 1.94 bits per heavy atom. The number of aliphatic hydroxyl groups is 2. The largest absolute Gasteiger partial charge is 0.486 e. The van der Waals surface area contributed by atoms with E-state index in [1.54, 1.807) is 0 Å². The van der Waals surface area contributed by atoms with E-state index in [9.17, 15) is 5.11 Å². The maximum absolute atomic E-state index is 9.25. The molecule has 0 bridgehead atoms. The Labute approximate surface area is 94.4 Å². The summed E-state index contributed by atoms with van der Waals surface area (Å²) in [6, 6.07) is 5.77. The third-order valence-corrected chi connectivity index (χ3v) is 2.58. The second-order valence-electron chi connectivity index (χ2n) is 3.85. The number of hydrogen-bond donors (Lipinski definition) is 2. The molecular weight excluding hydrogens is 208 g/mol. The van der Waals surface area contributed by atoms with Gasteiger partial charge in [-0.2, -0.15) is 0 Å². The summed E-state index contributed by atoms with van der Waals surface area (Å²) < 4.78 is 10.9. The van der Waals surface area contributed by atoms with Crippen molar-refractivity contribution in [1.82, 2.24) is 0 Å². The molecule has 0 spiro atoms. The molecule has 1 aliphatic rings. The van der Waals surface area contributed by atoms with E-state index in [0.717, 1.165) is 23.5 Å². The van der Waals surface area contributed by atoms with Crippen molar-refractivity contribution in [2.45, 2.75) is 18.9 Å². The molecule has 0 fully saturated rings. The van der Waals surface area contributed by atoms with Gasteiger partial charge in [0.15, 0.2) is 11.5 Å². The molecule has 0 amide bonds. The van der Waals surface area contributed by atoms with Crippen LogP contribution in [0.2, 0.25) is 0 Å². The van der Waals surface area contributed by atoms with Gasteiger partial charge in [-0.1, -0.05) is 6.07 Å². The lowest BCUT2D eigenvalue weighted by Crippen LogP contribution is -2.16. The molecule has 88 valence electrons. The fourth-order valence-corrected chi connectivity index (χ4v) is 1.67. The Morgan fingerprint density at radius 3 is 2.69 bits per heavy atom. The van der Waals surface area contributed by atoms with Gasteiger partial charge in [0.1, 0.15) is 13.2 Å². The van der Waals surface area contributed by atoms with Crippen LogP contribution in [-0.2, 0) is 6.42 Å². The number of fused-ring (bicyclic) bond motifs is 1. The molecule has 1 atom stereocenters. The van der Waals surface area contributed by atoms with Crippen molar-refractivity contribution in [3.63, 3.8) is 0 Å². The Hall–Kier alpha value is -1.26. The van der Waals surface area contributed by atoms with Gasteiger partial charge in [0.05, 0.1) is 12.7 Å². The summed E-state index contributed by atoms with van der Waals surface area (Å²) in [4.78, 5) is 0. The topological polar surface area (TPSA) is 58.9 Å². The number of rotatable bonds is 4. The summed E-state index contributed by atoms with van der Waals surface area (Å²) in [5.74, 6) is 1.54. The van der Waals surface area contributed by atoms with Crippen LogP contribution in [-0.4, -0.2) is 36.1 Å². The molecule has 4 nitrogen and oxygen atoms in total. The number of aryl methyl sites for hydroxylation is 1. The van der Waals surface area contributed by atoms with Crippen molar-refractivity contribution in [3.8, 4) is 11.5 Å². The molecule has 1 aromatic carbocycles. The lowest BCUT2D eigenvalue weighted by atomic mass is 10.1. The molecule has 1 aliphatic heterocycles. The smallest absolute Gasteiger partial charge is 0.161 e. The van der Waals surface area contributed by atoms with Crippen LogP contribution < -0.4 is 9.47 Å². The van der Waals surface area contributed by atoms with E-state index in [2.05, 4.69) is 0 Å². The lowest BCUT2D eigenvalue weighted by molar-refractivity contribution is 0.0885. The molecule has 0 radical (unpaired) electrons. The second-order valence-corrected chi connectivity index (χ2v) is 3.85. The average molecular weight is 224 g/mol. The first kappa shape index (κ1) is 11.2. The molecule has 1 heterocycles. The Bertz CT molecular complexity index is 351. The zero-order chi connectivity index (χ0) is 11.4. The van der Waals surface area contributed by atoms with Gasteiger partial charge in [-0.25, -0.2) is 0 Å². The Kier molecular flexibility index (Phi) is 3.64. The van der Waals surface area contributed by atoms with Crippen LogP contribution in [0, 0.1) is 0 Å². The highest BCUT2D eigenvalue weighted by Gasteiger charge is 2.12. The normalized spacial score (nSPS) is 15.9. The quantitative estimate of drug-likeness (QED) is 0.792. The van der Waals surface area contributed by atoms with E-state index in [4.69, 9.17) is 14.6 Å². The summed E-state index contributed by atoms with van der Waals surface area (Å²) in [5.41, 5.74) is 1.08. The predicted octanol–water partition coefficient (Wildman–Crippen LogP) is 0.744. The van der Waals surface area contributed by atoms with Gasteiger partial charge in [-0.05, 0) is 30.5 Å². The maximum atomic E-state index is 9.25. The van der Waals surface area contributed by atoms with E-state index < -0.39 is 6.10 Å². The van der Waals surface area contributed by atoms with Gasteiger partial charge in [0.2, 0.25) is 0 Å². The summed E-state index contributed by atoms with van der Waals surface area (Å²) in [5, 5.41) is 18.0. The highest BCUT2D eigenvalue weighted by atomic mass is 16.6. The minimum absolute atomic E-state index is 0.190. The van der Waals surface area contributed by atoms with Crippen molar-refractivity contribution in [3.05, 3.63) is 23.8 Å². The van der Waals surface area contributed by atoms with E-state index in [1.165, 1.54) is 0 Å². The summed E-state index contributed by atoms with van der Waals surface area (Å²) in [7, 11) is 0. The van der Waals surface area contributed by atoms with Crippen LogP contribution in [0.5, 0.6) is 11.5 Å². The zero-order valence-corrected chi connectivity index (χ0v) is 9.06. The predicted molar refractivity (Wildman–Crippen MR) is 58.8 cm³/mol. The van der Waals surface area contributed by atoms with Crippen LogP contribution in [0.25, 0.3) is 0 Å². The monoisotopic (exact) mass is 224 g/mol. The Balaban J connectivity index is 2.00. The van der Waals surface area contributed by atoms with Gasteiger partial charge in [-0.15, -0.1) is 0 Å². The number of aliphatic hydroxyl groups excluding tert-OH is 2.